The quantitative estimate of drug-likeness (QED) is 0.394. The molecule has 0 aliphatic rings. The average Bonchev–Trinajstić information content (AvgIpc) is 1.37. The molecule has 0 aliphatic heterocycles. The van der Waals surface area contributed by atoms with E-state index in [0.717, 1.165) is 0 Å². The van der Waals surface area contributed by atoms with E-state index in [4.69, 9.17) is 0 Å². The van der Waals surface area contributed by atoms with Gasteiger partial charge in [0.1, 0.15) is 0 Å². The highest BCUT2D eigenvalue weighted by Crippen LogP contribution is 1.30. The van der Waals surface area contributed by atoms with Crippen LogP contribution in [-0.4, -0.2) is 14.5 Å². The minimum absolute atomic E-state index is 0.264. The minimum atomic E-state index is 0.264. The smallest absolute Gasteiger partial charge is 0.0244 e. The van der Waals surface area contributed by atoms with Gasteiger partial charge >= 0.3 is 0 Å². The van der Waals surface area contributed by atoms with Crippen LogP contribution in [0.5, 0.6) is 0 Å². The van der Waals surface area contributed by atoms with Gasteiger partial charge in [-0.25, -0.2) is 0 Å². The molecule has 0 bridgehead atoms. The SMILES string of the molecule is C[BH2-]NC. The van der Waals surface area contributed by atoms with Crippen LogP contribution in [0, 0.1) is 0 Å². The van der Waals surface area contributed by atoms with Gasteiger partial charge in [-0.15, -0.1) is 0 Å². The lowest BCUT2D eigenvalue weighted by Crippen LogP contribution is -2.06. The van der Waals surface area contributed by atoms with Crippen LogP contribution in [0.15, 0.2) is 0 Å². The maximum atomic E-state index is 3.06. The summed E-state index contributed by atoms with van der Waals surface area (Å²) in [7, 11) is 2.25. The Morgan fingerprint density at radius 3 is 2.00 bits per heavy atom. The molecule has 0 aliphatic carbocycles. The van der Waals surface area contributed by atoms with E-state index in [1.165, 1.54) is 0 Å². The van der Waals surface area contributed by atoms with Gasteiger partial charge in [-0.1, -0.05) is 7.05 Å². The summed E-state index contributed by atoms with van der Waals surface area (Å²) in [6.07, 6.45) is 0. The molecule has 0 saturated carbocycles. The number of hydrogen-bond acceptors (Lipinski definition) is 1. The standard InChI is InChI=1S/C2H9BN/c1-3-4-2/h4H,3H2,1-2H3/q-1. The van der Waals surface area contributed by atoms with Crippen LogP contribution in [0.2, 0.25) is 6.82 Å². The molecule has 0 aromatic rings. The van der Waals surface area contributed by atoms with Crippen molar-refractivity contribution in [2.75, 3.05) is 7.05 Å². The van der Waals surface area contributed by atoms with Crippen molar-refractivity contribution in [1.82, 2.24) is 5.23 Å². The molecule has 0 rings (SSSR count). The van der Waals surface area contributed by atoms with Gasteiger partial charge in [-0.3, -0.25) is 0 Å². The molecular formula is C2H9BN-. The van der Waals surface area contributed by atoms with E-state index in [1.807, 2.05) is 7.05 Å². The first-order valence-electron chi connectivity index (χ1n) is 2.00. The Labute approximate surface area is 27.7 Å². The van der Waals surface area contributed by atoms with Gasteiger partial charge in [-0.05, 0) is 0 Å². The summed E-state index contributed by atoms with van der Waals surface area (Å²) in [4.78, 5) is 0. The lowest BCUT2D eigenvalue weighted by Gasteiger charge is -1.84. The molecule has 4 heavy (non-hydrogen) atoms. The highest BCUT2D eigenvalue weighted by atomic mass is 14.7. The third-order valence-corrected chi connectivity index (χ3v) is 0.500. The highest BCUT2D eigenvalue weighted by Gasteiger charge is 1.44. The Balaban J connectivity index is 1.97. The van der Waals surface area contributed by atoms with E-state index in [-0.39, 0.29) is 7.41 Å². The first-order valence-corrected chi connectivity index (χ1v) is 2.00. The van der Waals surface area contributed by atoms with Crippen molar-refractivity contribution in [1.29, 1.82) is 0 Å². The zero-order valence-corrected chi connectivity index (χ0v) is 3.50. The number of rotatable bonds is 1. The van der Waals surface area contributed by atoms with Gasteiger partial charge in [0.25, 0.3) is 0 Å². The maximum Gasteiger partial charge on any atom is 0.0244 e. The van der Waals surface area contributed by atoms with Gasteiger partial charge in [0.15, 0.2) is 0 Å². The summed E-state index contributed by atoms with van der Waals surface area (Å²) >= 11 is 0. The Kier molecular flexibility index (Phi) is 3.04. The van der Waals surface area contributed by atoms with Crippen LogP contribution in [0.3, 0.4) is 0 Å². The van der Waals surface area contributed by atoms with Crippen molar-refractivity contribution in [3.63, 3.8) is 0 Å². The molecule has 0 radical (unpaired) electrons. The second kappa shape index (κ2) is 3.02. The molecule has 26 valence electrons. The predicted octanol–water partition coefficient (Wildman–Crippen LogP) is -0.662. The lowest BCUT2D eigenvalue weighted by molar-refractivity contribution is 1.25. The molecule has 1 nitrogen and oxygen atoms in total. The highest BCUT2D eigenvalue weighted by molar-refractivity contribution is 6.29. The fourth-order valence-corrected chi connectivity index (χ4v) is 0. The van der Waals surface area contributed by atoms with E-state index < -0.39 is 0 Å². The van der Waals surface area contributed by atoms with E-state index >= 15 is 0 Å². The summed E-state index contributed by atoms with van der Waals surface area (Å²) < 4.78 is 0. The van der Waals surface area contributed by atoms with Crippen molar-refractivity contribution >= 4 is 7.41 Å². The topological polar surface area (TPSA) is 12.0 Å². The summed E-state index contributed by atoms with van der Waals surface area (Å²) in [6, 6.07) is 0. The zero-order valence-electron chi connectivity index (χ0n) is 3.50. The second-order valence-corrected chi connectivity index (χ2v) is 1.00. The Morgan fingerprint density at radius 2 is 2.00 bits per heavy atom. The minimum Gasteiger partial charge on any atom is -0.497 e. The van der Waals surface area contributed by atoms with Crippen LogP contribution in [0.1, 0.15) is 0 Å². The van der Waals surface area contributed by atoms with Crippen molar-refractivity contribution < 1.29 is 0 Å². The average molecular weight is 57.9 g/mol. The van der Waals surface area contributed by atoms with Gasteiger partial charge in [0, 0.05) is 7.41 Å². The zero-order chi connectivity index (χ0) is 3.41. The van der Waals surface area contributed by atoms with Crippen molar-refractivity contribution in [2.24, 2.45) is 0 Å². The normalized spacial score (nSPS) is 7.50. The first-order chi connectivity index (χ1) is 1.91. The van der Waals surface area contributed by atoms with Gasteiger partial charge in [0.2, 0.25) is 0 Å². The molecule has 0 amide bonds. The summed E-state index contributed by atoms with van der Waals surface area (Å²) in [5, 5.41) is 3.06. The lowest BCUT2D eigenvalue weighted by atomic mass is 10.0. The summed E-state index contributed by atoms with van der Waals surface area (Å²) in [5.74, 6) is 0. The molecule has 2 heteroatoms. The maximum absolute atomic E-state index is 3.06. The van der Waals surface area contributed by atoms with Crippen LogP contribution < -0.4 is 5.23 Å². The molecule has 0 unspecified atom stereocenters. The van der Waals surface area contributed by atoms with Crippen molar-refractivity contribution in [2.45, 2.75) is 6.82 Å². The van der Waals surface area contributed by atoms with E-state index in [9.17, 15) is 0 Å². The molecule has 0 saturated heterocycles. The van der Waals surface area contributed by atoms with Crippen LogP contribution in [-0.2, 0) is 0 Å². The second-order valence-electron chi connectivity index (χ2n) is 1.00. The Morgan fingerprint density at radius 1 is 1.75 bits per heavy atom. The first kappa shape index (κ1) is 4.02. The van der Waals surface area contributed by atoms with Crippen molar-refractivity contribution in [3.8, 4) is 0 Å². The summed E-state index contributed by atoms with van der Waals surface area (Å²) in [6.45, 7) is 2.19. The molecule has 0 fully saturated rings. The largest absolute Gasteiger partial charge is 0.497 e. The Hall–Kier alpha value is 0.0249. The molecular weight excluding hydrogens is 48.8 g/mol. The van der Waals surface area contributed by atoms with E-state index in [0.29, 0.717) is 0 Å². The van der Waals surface area contributed by atoms with Crippen LogP contribution in [0.25, 0.3) is 0 Å². The summed E-state index contributed by atoms with van der Waals surface area (Å²) in [5.41, 5.74) is 0. The van der Waals surface area contributed by atoms with Gasteiger partial charge in [-0.2, -0.15) is 6.82 Å². The molecule has 0 aromatic heterocycles. The van der Waals surface area contributed by atoms with E-state index in [2.05, 4.69) is 12.1 Å². The third-order valence-electron chi connectivity index (χ3n) is 0.500. The van der Waals surface area contributed by atoms with Crippen LogP contribution >= 0.6 is 0 Å². The molecule has 0 heterocycles. The van der Waals surface area contributed by atoms with Gasteiger partial charge < -0.3 is 5.23 Å². The fourth-order valence-electron chi connectivity index (χ4n) is 0. The van der Waals surface area contributed by atoms with E-state index in [1.54, 1.807) is 0 Å². The monoisotopic (exact) mass is 58.1 g/mol. The Bertz CT molecular complexity index is 8.00. The van der Waals surface area contributed by atoms with Gasteiger partial charge in [0.05, 0.1) is 0 Å². The molecule has 0 spiro atoms. The fraction of sp³-hybridized carbons (Fsp3) is 1.00. The number of nitrogens with one attached hydrogen (secondary N) is 1. The van der Waals surface area contributed by atoms with Crippen molar-refractivity contribution in [3.05, 3.63) is 0 Å². The van der Waals surface area contributed by atoms with Crippen LogP contribution in [0.4, 0.5) is 0 Å². The molecule has 1 N–H and O–H groups in total. The third kappa shape index (κ3) is 2.02. The predicted molar refractivity (Wildman–Crippen MR) is 23.5 cm³/mol. The molecule has 0 aromatic carbocycles. The number of hydrogen-bond donors (Lipinski definition) is 1. The molecule has 0 atom stereocenters.